The van der Waals surface area contributed by atoms with Gasteiger partial charge in [0.15, 0.2) is 5.69 Å². The van der Waals surface area contributed by atoms with Gasteiger partial charge in [0.05, 0.1) is 5.92 Å². The van der Waals surface area contributed by atoms with Crippen LogP contribution >= 0.6 is 0 Å². The summed E-state index contributed by atoms with van der Waals surface area (Å²) in [6.07, 6.45) is 1.63. The highest BCUT2D eigenvalue weighted by atomic mass is 16.4. The van der Waals surface area contributed by atoms with Gasteiger partial charge in [-0.3, -0.25) is 9.59 Å². The topological polar surface area (TPSA) is 129 Å². The fraction of sp³-hybridized carbons (Fsp3) is 0.208. The van der Waals surface area contributed by atoms with Crippen LogP contribution in [0.15, 0.2) is 67.0 Å². The van der Waals surface area contributed by atoms with Crippen LogP contribution < -0.4 is 5.32 Å². The summed E-state index contributed by atoms with van der Waals surface area (Å²) >= 11 is 0. The fourth-order valence-electron chi connectivity index (χ4n) is 3.33. The van der Waals surface area contributed by atoms with Crippen LogP contribution in [-0.2, 0) is 11.2 Å². The third-order valence-electron chi connectivity index (χ3n) is 5.06. The van der Waals surface area contributed by atoms with E-state index in [1.165, 1.54) is 0 Å². The van der Waals surface area contributed by atoms with Gasteiger partial charge < -0.3 is 15.5 Å². The Balaban J connectivity index is 1.77. The molecule has 8 heteroatoms. The summed E-state index contributed by atoms with van der Waals surface area (Å²) in [7, 11) is 0. The van der Waals surface area contributed by atoms with Crippen LogP contribution in [0.1, 0.15) is 39.9 Å². The molecule has 0 saturated heterocycles. The third-order valence-corrected chi connectivity index (χ3v) is 5.06. The lowest BCUT2D eigenvalue weighted by Gasteiger charge is -2.21. The third kappa shape index (κ3) is 5.98. The van der Waals surface area contributed by atoms with Gasteiger partial charge in [0, 0.05) is 12.1 Å². The first-order valence-electron chi connectivity index (χ1n) is 10.1. The van der Waals surface area contributed by atoms with Gasteiger partial charge in [-0.15, -0.1) is 0 Å². The smallest absolute Gasteiger partial charge is 0.354 e. The molecule has 1 unspecified atom stereocenters. The SMILES string of the molecule is C[C@H](CC(Cc1ccc(-c2ccccc2)cc1)NC(=O)c1cc(C(=O)O)ncn1)C(=O)O. The highest BCUT2D eigenvalue weighted by molar-refractivity contribution is 5.95. The van der Waals surface area contributed by atoms with Crippen LogP contribution in [0.4, 0.5) is 0 Å². The van der Waals surface area contributed by atoms with Crippen molar-refractivity contribution in [2.24, 2.45) is 5.92 Å². The Kier molecular flexibility index (Phi) is 7.28. The average Bonchev–Trinajstić information content (AvgIpc) is 2.80. The van der Waals surface area contributed by atoms with E-state index >= 15 is 0 Å². The van der Waals surface area contributed by atoms with Crippen molar-refractivity contribution in [1.29, 1.82) is 0 Å². The Hall–Kier alpha value is -4.07. The second-order valence-corrected chi connectivity index (χ2v) is 7.51. The molecule has 1 heterocycles. The number of carboxylic acids is 2. The molecule has 0 saturated carbocycles. The number of hydrogen-bond acceptors (Lipinski definition) is 5. The first kappa shape index (κ1) is 22.6. The van der Waals surface area contributed by atoms with Crippen molar-refractivity contribution in [2.75, 3.05) is 0 Å². The van der Waals surface area contributed by atoms with Crippen molar-refractivity contribution < 1.29 is 24.6 Å². The number of aromatic carboxylic acids is 1. The molecule has 0 radical (unpaired) electrons. The molecule has 3 N–H and O–H groups in total. The number of benzene rings is 2. The van der Waals surface area contributed by atoms with Crippen LogP contribution in [0.25, 0.3) is 11.1 Å². The molecule has 2 aromatic carbocycles. The van der Waals surface area contributed by atoms with Gasteiger partial charge >= 0.3 is 11.9 Å². The van der Waals surface area contributed by atoms with Crippen LogP contribution in [0, 0.1) is 5.92 Å². The Morgan fingerprint density at radius 2 is 1.53 bits per heavy atom. The summed E-state index contributed by atoms with van der Waals surface area (Å²) < 4.78 is 0. The lowest BCUT2D eigenvalue weighted by Crippen LogP contribution is -2.39. The van der Waals surface area contributed by atoms with Gasteiger partial charge in [-0.25, -0.2) is 14.8 Å². The van der Waals surface area contributed by atoms with Gasteiger partial charge in [-0.2, -0.15) is 0 Å². The molecular weight excluding hydrogens is 410 g/mol. The molecule has 3 aromatic rings. The maximum atomic E-state index is 12.7. The minimum atomic E-state index is -1.27. The number of carboxylic acid groups (broad SMARTS) is 2. The summed E-state index contributed by atoms with van der Waals surface area (Å²) in [4.78, 5) is 42.6. The second kappa shape index (κ2) is 10.3. The second-order valence-electron chi connectivity index (χ2n) is 7.51. The minimum Gasteiger partial charge on any atom is -0.481 e. The molecule has 0 spiro atoms. The summed E-state index contributed by atoms with van der Waals surface area (Å²) in [5.41, 5.74) is 2.68. The zero-order valence-corrected chi connectivity index (χ0v) is 17.4. The molecule has 2 atom stereocenters. The molecular formula is C24H23N3O5. The summed E-state index contributed by atoms with van der Waals surface area (Å²) in [6, 6.07) is 18.4. The van der Waals surface area contributed by atoms with Crippen LogP contribution in [0.5, 0.6) is 0 Å². The molecule has 0 aliphatic rings. The van der Waals surface area contributed by atoms with E-state index in [0.29, 0.717) is 6.42 Å². The van der Waals surface area contributed by atoms with Crippen molar-refractivity contribution >= 4 is 17.8 Å². The number of aromatic nitrogens is 2. The first-order valence-corrected chi connectivity index (χ1v) is 10.1. The Morgan fingerprint density at radius 1 is 0.906 bits per heavy atom. The van der Waals surface area contributed by atoms with Gasteiger partial charge in [-0.05, 0) is 29.5 Å². The van der Waals surface area contributed by atoms with E-state index in [2.05, 4.69) is 15.3 Å². The van der Waals surface area contributed by atoms with E-state index in [1.54, 1.807) is 6.92 Å². The number of nitrogens with one attached hydrogen (secondary N) is 1. The number of carbonyl (C=O) groups excluding carboxylic acids is 1. The Labute approximate surface area is 185 Å². The van der Waals surface area contributed by atoms with Crippen molar-refractivity contribution in [3.63, 3.8) is 0 Å². The van der Waals surface area contributed by atoms with Gasteiger partial charge in [0.1, 0.15) is 12.0 Å². The minimum absolute atomic E-state index is 0.0928. The first-order chi connectivity index (χ1) is 15.3. The highest BCUT2D eigenvalue weighted by Crippen LogP contribution is 2.21. The van der Waals surface area contributed by atoms with E-state index in [1.807, 2.05) is 54.6 Å². The van der Waals surface area contributed by atoms with Crippen molar-refractivity contribution in [2.45, 2.75) is 25.8 Å². The molecule has 1 aromatic heterocycles. The molecule has 1 amide bonds. The number of nitrogens with zero attached hydrogens (tertiary/aromatic N) is 2. The molecule has 164 valence electrons. The molecule has 0 aliphatic carbocycles. The average molecular weight is 433 g/mol. The molecule has 0 aliphatic heterocycles. The highest BCUT2D eigenvalue weighted by Gasteiger charge is 2.22. The number of carbonyl (C=O) groups is 3. The summed E-state index contributed by atoms with van der Waals surface area (Å²) in [5.74, 6) is -3.49. The van der Waals surface area contributed by atoms with E-state index in [0.717, 1.165) is 29.1 Å². The largest absolute Gasteiger partial charge is 0.481 e. The lowest BCUT2D eigenvalue weighted by molar-refractivity contribution is -0.141. The quantitative estimate of drug-likeness (QED) is 0.472. The molecule has 0 bridgehead atoms. The van der Waals surface area contributed by atoms with Crippen LogP contribution in [-0.4, -0.2) is 44.1 Å². The molecule has 3 rings (SSSR count). The normalized spacial score (nSPS) is 12.5. The van der Waals surface area contributed by atoms with E-state index < -0.39 is 29.8 Å². The maximum absolute atomic E-state index is 12.7. The monoisotopic (exact) mass is 433 g/mol. The maximum Gasteiger partial charge on any atom is 0.354 e. The van der Waals surface area contributed by atoms with Crippen molar-refractivity contribution in [3.05, 3.63) is 83.9 Å². The standard InChI is InChI=1S/C24H23N3O5/c1-15(23(29)30)11-19(27-22(28)20-13-21(24(31)32)26-14-25-20)12-16-7-9-18(10-8-16)17-5-3-2-4-6-17/h2-10,13-15,19H,11-12H2,1H3,(H,27,28)(H,29,30)(H,31,32)/t15-,19?/m1/s1. The number of aliphatic carboxylic acids is 1. The number of amides is 1. The van der Waals surface area contributed by atoms with E-state index in [-0.39, 0.29) is 17.8 Å². The van der Waals surface area contributed by atoms with E-state index in [9.17, 15) is 19.5 Å². The summed E-state index contributed by atoms with van der Waals surface area (Å²) in [6.45, 7) is 1.58. The van der Waals surface area contributed by atoms with Gasteiger partial charge in [0.2, 0.25) is 0 Å². The predicted molar refractivity (Wildman–Crippen MR) is 117 cm³/mol. The van der Waals surface area contributed by atoms with E-state index in [4.69, 9.17) is 5.11 Å². The number of hydrogen-bond donors (Lipinski definition) is 3. The van der Waals surface area contributed by atoms with Crippen LogP contribution in [0.2, 0.25) is 0 Å². The Morgan fingerprint density at radius 3 is 2.16 bits per heavy atom. The van der Waals surface area contributed by atoms with Gasteiger partial charge in [-0.1, -0.05) is 61.5 Å². The predicted octanol–water partition coefficient (Wildman–Crippen LogP) is 3.29. The van der Waals surface area contributed by atoms with Crippen LogP contribution in [0.3, 0.4) is 0 Å². The summed E-state index contributed by atoms with van der Waals surface area (Å²) in [5, 5.41) is 21.2. The fourth-order valence-corrected chi connectivity index (χ4v) is 3.33. The zero-order valence-electron chi connectivity index (χ0n) is 17.4. The molecule has 8 nitrogen and oxygen atoms in total. The zero-order chi connectivity index (χ0) is 23.1. The van der Waals surface area contributed by atoms with Crippen molar-refractivity contribution in [3.8, 4) is 11.1 Å². The molecule has 0 fully saturated rings. The van der Waals surface area contributed by atoms with Gasteiger partial charge in [0.25, 0.3) is 5.91 Å². The Bertz CT molecular complexity index is 1100. The number of rotatable bonds is 9. The molecule has 32 heavy (non-hydrogen) atoms. The lowest BCUT2D eigenvalue weighted by atomic mass is 9.95. The van der Waals surface area contributed by atoms with Crippen molar-refractivity contribution in [1.82, 2.24) is 15.3 Å².